The number of carboxylic acid groups (broad SMARTS) is 1. The summed E-state index contributed by atoms with van der Waals surface area (Å²) in [6, 6.07) is 1.76. The fourth-order valence-electron chi connectivity index (χ4n) is 1.26. The van der Waals surface area contributed by atoms with Crippen molar-refractivity contribution in [1.29, 1.82) is 0 Å². The van der Waals surface area contributed by atoms with Gasteiger partial charge >= 0.3 is 11.9 Å². The van der Waals surface area contributed by atoms with Gasteiger partial charge in [0, 0.05) is 6.42 Å². The molecule has 1 heterocycles. The van der Waals surface area contributed by atoms with Gasteiger partial charge in [-0.2, -0.15) is 0 Å². The molecule has 0 aliphatic heterocycles. The summed E-state index contributed by atoms with van der Waals surface area (Å²) in [7, 11) is 1.21. The number of ether oxygens (including phenoxy) is 1. The lowest BCUT2D eigenvalue weighted by molar-refractivity contribution is -0.142. The fraction of sp³-hybridized carbons (Fsp3) is 0.364. The second kappa shape index (κ2) is 6.43. The van der Waals surface area contributed by atoms with Gasteiger partial charge in [0.1, 0.15) is 6.04 Å². The molecule has 2 N–H and O–H groups in total. The van der Waals surface area contributed by atoms with E-state index in [1.165, 1.54) is 25.5 Å². The average Bonchev–Trinajstić information content (AvgIpc) is 2.87. The minimum atomic E-state index is -1.22. The second-order valence-corrected chi connectivity index (χ2v) is 3.46. The van der Waals surface area contributed by atoms with E-state index in [1.54, 1.807) is 0 Å². The summed E-state index contributed by atoms with van der Waals surface area (Å²) in [5.41, 5.74) is 0. The van der Waals surface area contributed by atoms with E-state index in [4.69, 9.17) is 9.52 Å². The van der Waals surface area contributed by atoms with Gasteiger partial charge in [0.2, 0.25) is 0 Å². The first-order chi connectivity index (χ1) is 8.54. The van der Waals surface area contributed by atoms with Gasteiger partial charge in [-0.05, 0) is 18.6 Å². The van der Waals surface area contributed by atoms with Gasteiger partial charge in [-0.25, -0.2) is 4.79 Å². The highest BCUT2D eigenvalue weighted by molar-refractivity contribution is 5.94. The van der Waals surface area contributed by atoms with Gasteiger partial charge < -0.3 is 19.6 Å². The van der Waals surface area contributed by atoms with Crippen molar-refractivity contribution in [3.63, 3.8) is 0 Å². The van der Waals surface area contributed by atoms with Crippen LogP contribution in [-0.2, 0) is 14.3 Å². The summed E-state index contributed by atoms with van der Waals surface area (Å²) in [5, 5.41) is 11.2. The first-order valence-electron chi connectivity index (χ1n) is 5.18. The first-order valence-corrected chi connectivity index (χ1v) is 5.18. The van der Waals surface area contributed by atoms with E-state index in [1.807, 2.05) is 0 Å². The lowest BCUT2D eigenvalue weighted by Gasteiger charge is -2.12. The topological polar surface area (TPSA) is 106 Å². The molecule has 0 saturated heterocycles. The number of rotatable bonds is 6. The zero-order valence-electron chi connectivity index (χ0n) is 9.71. The van der Waals surface area contributed by atoms with Crippen molar-refractivity contribution >= 4 is 17.8 Å². The Morgan fingerprint density at radius 1 is 1.50 bits per heavy atom. The number of carbonyl (C=O) groups is 3. The molecule has 18 heavy (non-hydrogen) atoms. The summed E-state index contributed by atoms with van der Waals surface area (Å²) in [5.74, 6) is -2.39. The lowest BCUT2D eigenvalue weighted by Crippen LogP contribution is -2.41. The number of hydrogen-bond donors (Lipinski definition) is 2. The number of amides is 1. The van der Waals surface area contributed by atoms with E-state index in [-0.39, 0.29) is 18.6 Å². The number of furan rings is 1. The fourth-order valence-corrected chi connectivity index (χ4v) is 1.26. The van der Waals surface area contributed by atoms with Crippen LogP contribution in [0.4, 0.5) is 0 Å². The second-order valence-electron chi connectivity index (χ2n) is 3.46. The maximum absolute atomic E-state index is 11.6. The number of carboxylic acids is 1. The standard InChI is InChI=1S/C11H13NO6/c1-17-9(13)5-4-7(11(15)16)12-10(14)8-3-2-6-18-8/h2-3,6-7H,4-5H2,1H3,(H,12,14)(H,15,16)/t7-/m1/s1. The Morgan fingerprint density at radius 3 is 2.72 bits per heavy atom. The van der Waals surface area contributed by atoms with E-state index < -0.39 is 23.9 Å². The normalized spacial score (nSPS) is 11.6. The Labute approximate surface area is 103 Å². The van der Waals surface area contributed by atoms with Gasteiger partial charge in [0.15, 0.2) is 5.76 Å². The maximum Gasteiger partial charge on any atom is 0.326 e. The number of methoxy groups -OCH3 is 1. The van der Waals surface area contributed by atoms with Crippen LogP contribution in [0.15, 0.2) is 22.8 Å². The lowest BCUT2D eigenvalue weighted by atomic mass is 10.1. The molecule has 0 spiro atoms. The molecule has 1 aromatic heterocycles. The molecule has 0 radical (unpaired) electrons. The molecule has 0 saturated carbocycles. The van der Waals surface area contributed by atoms with Gasteiger partial charge in [0.05, 0.1) is 13.4 Å². The molecule has 1 amide bonds. The molecule has 0 unspecified atom stereocenters. The van der Waals surface area contributed by atoms with Gasteiger partial charge in [-0.3, -0.25) is 9.59 Å². The summed E-state index contributed by atoms with van der Waals surface area (Å²) in [6.45, 7) is 0. The van der Waals surface area contributed by atoms with Gasteiger partial charge in [0.25, 0.3) is 5.91 Å². The maximum atomic E-state index is 11.6. The molecular weight excluding hydrogens is 242 g/mol. The van der Waals surface area contributed by atoms with E-state index in [0.717, 1.165) is 0 Å². The molecule has 0 aliphatic carbocycles. The minimum absolute atomic E-state index is 0.0133. The predicted octanol–water partition coefficient (Wildman–Crippen LogP) is 0.416. The molecule has 0 aliphatic rings. The molecule has 0 fully saturated rings. The van der Waals surface area contributed by atoms with E-state index >= 15 is 0 Å². The number of hydrogen-bond acceptors (Lipinski definition) is 5. The molecule has 98 valence electrons. The van der Waals surface area contributed by atoms with Gasteiger partial charge in [-0.1, -0.05) is 0 Å². The van der Waals surface area contributed by atoms with Crippen LogP contribution in [0.3, 0.4) is 0 Å². The molecular formula is C11H13NO6. The number of aliphatic carboxylic acids is 1. The largest absolute Gasteiger partial charge is 0.480 e. The van der Waals surface area contributed by atoms with Crippen LogP contribution in [0.5, 0.6) is 0 Å². The van der Waals surface area contributed by atoms with Crippen molar-refractivity contribution in [3.8, 4) is 0 Å². The zero-order valence-corrected chi connectivity index (χ0v) is 9.71. The summed E-state index contributed by atoms with van der Waals surface area (Å²) >= 11 is 0. The Hall–Kier alpha value is -2.31. The highest BCUT2D eigenvalue weighted by Crippen LogP contribution is 2.04. The average molecular weight is 255 g/mol. The molecule has 0 bridgehead atoms. The minimum Gasteiger partial charge on any atom is -0.480 e. The summed E-state index contributed by atoms with van der Waals surface area (Å²) < 4.78 is 9.22. The van der Waals surface area contributed by atoms with E-state index in [9.17, 15) is 14.4 Å². The Balaban J connectivity index is 2.55. The third-order valence-electron chi connectivity index (χ3n) is 2.21. The van der Waals surface area contributed by atoms with Crippen LogP contribution in [0.1, 0.15) is 23.4 Å². The monoisotopic (exact) mass is 255 g/mol. The molecule has 1 aromatic rings. The Morgan fingerprint density at radius 2 is 2.22 bits per heavy atom. The zero-order chi connectivity index (χ0) is 13.5. The molecule has 0 aromatic carbocycles. The van der Waals surface area contributed by atoms with Crippen LogP contribution in [0, 0.1) is 0 Å². The number of nitrogens with one attached hydrogen (secondary N) is 1. The molecule has 1 rings (SSSR count). The molecule has 1 atom stereocenters. The highest BCUT2D eigenvalue weighted by atomic mass is 16.5. The molecule has 7 nitrogen and oxygen atoms in total. The smallest absolute Gasteiger partial charge is 0.326 e. The third-order valence-corrected chi connectivity index (χ3v) is 2.21. The van der Waals surface area contributed by atoms with Crippen molar-refractivity contribution in [3.05, 3.63) is 24.2 Å². The van der Waals surface area contributed by atoms with Crippen LogP contribution in [-0.4, -0.2) is 36.1 Å². The third kappa shape index (κ3) is 3.93. The Bertz CT molecular complexity index is 425. The highest BCUT2D eigenvalue weighted by Gasteiger charge is 2.22. The van der Waals surface area contributed by atoms with Crippen molar-refractivity contribution in [2.45, 2.75) is 18.9 Å². The van der Waals surface area contributed by atoms with Crippen molar-refractivity contribution in [1.82, 2.24) is 5.32 Å². The van der Waals surface area contributed by atoms with Crippen LogP contribution in [0.2, 0.25) is 0 Å². The number of esters is 1. The quantitative estimate of drug-likeness (QED) is 0.713. The first kappa shape index (κ1) is 13.8. The van der Waals surface area contributed by atoms with Crippen LogP contribution in [0.25, 0.3) is 0 Å². The summed E-state index contributed by atoms with van der Waals surface area (Å²) in [6.07, 6.45) is 1.17. The van der Waals surface area contributed by atoms with E-state index in [0.29, 0.717) is 0 Å². The predicted molar refractivity (Wildman–Crippen MR) is 58.8 cm³/mol. The van der Waals surface area contributed by atoms with Crippen LogP contribution < -0.4 is 5.32 Å². The van der Waals surface area contributed by atoms with Crippen LogP contribution >= 0.6 is 0 Å². The van der Waals surface area contributed by atoms with Gasteiger partial charge in [-0.15, -0.1) is 0 Å². The van der Waals surface area contributed by atoms with Crippen molar-refractivity contribution in [2.24, 2.45) is 0 Å². The summed E-state index contributed by atoms with van der Waals surface area (Å²) in [4.78, 5) is 33.4. The van der Waals surface area contributed by atoms with Crippen molar-refractivity contribution < 1.29 is 28.6 Å². The number of carbonyl (C=O) groups excluding carboxylic acids is 2. The van der Waals surface area contributed by atoms with E-state index in [2.05, 4.69) is 10.1 Å². The molecule has 7 heteroatoms. The Kier molecular flexibility index (Phi) is 4.91. The SMILES string of the molecule is COC(=O)CC[C@@H](NC(=O)c1ccco1)C(=O)O. The van der Waals surface area contributed by atoms with Crippen molar-refractivity contribution in [2.75, 3.05) is 7.11 Å².